The van der Waals surface area contributed by atoms with Gasteiger partial charge in [-0.2, -0.15) is 0 Å². The lowest BCUT2D eigenvalue weighted by molar-refractivity contribution is -0.119. The first-order valence-corrected chi connectivity index (χ1v) is 5.64. The van der Waals surface area contributed by atoms with Gasteiger partial charge in [0.05, 0.1) is 6.04 Å². The molecule has 1 aromatic rings. The maximum absolute atomic E-state index is 13.3. The fraction of sp³-hybridized carbons (Fsp3) is 0.417. The summed E-state index contributed by atoms with van der Waals surface area (Å²) in [6.45, 7) is 1.95. The predicted octanol–water partition coefficient (Wildman–Crippen LogP) is 2.72. The van der Waals surface area contributed by atoms with E-state index in [0.29, 0.717) is 17.0 Å². The highest BCUT2D eigenvalue weighted by Crippen LogP contribution is 2.16. The van der Waals surface area contributed by atoms with Crippen molar-refractivity contribution in [1.82, 2.24) is 0 Å². The Morgan fingerprint density at radius 1 is 1.56 bits per heavy atom. The van der Waals surface area contributed by atoms with Crippen molar-refractivity contribution in [2.75, 3.05) is 0 Å². The van der Waals surface area contributed by atoms with Gasteiger partial charge in [0.15, 0.2) is 5.78 Å². The highest BCUT2D eigenvalue weighted by atomic mass is 35.5. The molecule has 2 N–H and O–H groups in total. The lowest BCUT2D eigenvalue weighted by Gasteiger charge is -2.09. The maximum Gasteiger partial charge on any atom is 0.153 e. The van der Waals surface area contributed by atoms with Gasteiger partial charge in [-0.15, -0.1) is 0 Å². The number of carbonyl (C=O) groups excluding carboxylic acids is 1. The monoisotopic (exact) mass is 243 g/mol. The normalized spacial score (nSPS) is 12.5. The molecule has 0 amide bonds. The van der Waals surface area contributed by atoms with E-state index in [1.807, 2.05) is 6.92 Å². The number of benzene rings is 1. The summed E-state index contributed by atoms with van der Waals surface area (Å²) in [6.07, 6.45) is 1.47. The third kappa shape index (κ3) is 3.58. The fourth-order valence-corrected chi connectivity index (χ4v) is 1.66. The van der Waals surface area contributed by atoms with Gasteiger partial charge in [0, 0.05) is 11.4 Å². The van der Waals surface area contributed by atoms with Gasteiger partial charge in [-0.1, -0.05) is 24.9 Å². The average molecular weight is 244 g/mol. The quantitative estimate of drug-likeness (QED) is 0.864. The number of nitrogens with two attached hydrogens (primary N) is 1. The summed E-state index contributed by atoms with van der Waals surface area (Å²) in [5.41, 5.74) is 5.97. The van der Waals surface area contributed by atoms with Crippen LogP contribution in [0, 0.1) is 5.82 Å². The number of rotatable bonds is 5. The van der Waals surface area contributed by atoms with Gasteiger partial charge < -0.3 is 5.73 Å². The van der Waals surface area contributed by atoms with E-state index in [0.717, 1.165) is 6.42 Å². The Hall–Kier alpha value is -0.930. The van der Waals surface area contributed by atoms with Gasteiger partial charge >= 0.3 is 0 Å². The van der Waals surface area contributed by atoms with E-state index in [9.17, 15) is 9.18 Å². The second-order valence-corrected chi connectivity index (χ2v) is 4.21. The van der Waals surface area contributed by atoms with Crippen LogP contribution in [0.25, 0.3) is 0 Å². The summed E-state index contributed by atoms with van der Waals surface area (Å²) >= 11 is 5.73. The van der Waals surface area contributed by atoms with E-state index in [1.165, 1.54) is 18.2 Å². The zero-order chi connectivity index (χ0) is 12.1. The molecule has 0 aliphatic carbocycles. The summed E-state index contributed by atoms with van der Waals surface area (Å²) < 4.78 is 13.3. The molecule has 0 bridgehead atoms. The third-order valence-corrected chi connectivity index (χ3v) is 2.62. The summed E-state index contributed by atoms with van der Waals surface area (Å²) in [5, 5.41) is 0.424. The second-order valence-electron chi connectivity index (χ2n) is 3.77. The molecular weight excluding hydrogens is 229 g/mol. The van der Waals surface area contributed by atoms with Gasteiger partial charge in [0.25, 0.3) is 0 Å². The molecule has 1 atom stereocenters. The molecule has 88 valence electrons. The van der Waals surface area contributed by atoms with Gasteiger partial charge in [-0.25, -0.2) is 4.39 Å². The van der Waals surface area contributed by atoms with Crippen LogP contribution in [0.3, 0.4) is 0 Å². The first kappa shape index (κ1) is 13.1. The Morgan fingerprint density at radius 3 is 2.88 bits per heavy atom. The van der Waals surface area contributed by atoms with Crippen molar-refractivity contribution in [3.63, 3.8) is 0 Å². The van der Waals surface area contributed by atoms with Crippen LogP contribution in [0.5, 0.6) is 0 Å². The van der Waals surface area contributed by atoms with Crippen LogP contribution in [0.1, 0.15) is 25.3 Å². The van der Waals surface area contributed by atoms with Gasteiger partial charge in [0.1, 0.15) is 5.82 Å². The zero-order valence-corrected chi connectivity index (χ0v) is 9.93. The summed E-state index contributed by atoms with van der Waals surface area (Å²) in [4.78, 5) is 11.6. The molecule has 0 saturated heterocycles. The van der Waals surface area contributed by atoms with Crippen molar-refractivity contribution >= 4 is 17.4 Å². The van der Waals surface area contributed by atoms with Crippen LogP contribution in [0.4, 0.5) is 4.39 Å². The molecule has 2 nitrogen and oxygen atoms in total. The Bertz CT molecular complexity index is 381. The van der Waals surface area contributed by atoms with E-state index in [-0.39, 0.29) is 12.2 Å². The zero-order valence-electron chi connectivity index (χ0n) is 9.17. The Morgan fingerprint density at radius 2 is 2.25 bits per heavy atom. The van der Waals surface area contributed by atoms with E-state index in [2.05, 4.69) is 0 Å². The Balaban J connectivity index is 2.72. The molecule has 0 heterocycles. The molecule has 0 fully saturated rings. The SMILES string of the molecule is CCCC(N)C(=O)Cc1cc(Cl)ccc1F. The summed E-state index contributed by atoms with van der Waals surface area (Å²) in [5.74, 6) is -0.565. The lowest BCUT2D eigenvalue weighted by Crippen LogP contribution is -2.31. The summed E-state index contributed by atoms with van der Waals surface area (Å²) in [7, 11) is 0. The molecule has 4 heteroatoms. The number of hydrogen-bond donors (Lipinski definition) is 1. The smallest absolute Gasteiger partial charge is 0.153 e. The topological polar surface area (TPSA) is 43.1 Å². The van der Waals surface area contributed by atoms with Crippen LogP contribution in [-0.4, -0.2) is 11.8 Å². The molecule has 0 aliphatic rings. The fourth-order valence-electron chi connectivity index (χ4n) is 1.47. The van der Waals surface area contributed by atoms with Crippen LogP contribution in [0.15, 0.2) is 18.2 Å². The van der Waals surface area contributed by atoms with Gasteiger partial charge in [-0.05, 0) is 30.2 Å². The molecule has 1 aromatic carbocycles. The number of ketones is 1. The highest BCUT2D eigenvalue weighted by Gasteiger charge is 2.15. The minimum atomic E-state index is -0.511. The van der Waals surface area contributed by atoms with Crippen molar-refractivity contribution in [2.24, 2.45) is 5.73 Å². The summed E-state index contributed by atoms with van der Waals surface area (Å²) in [6, 6.07) is 3.67. The number of halogens is 2. The van der Waals surface area contributed by atoms with Crippen molar-refractivity contribution in [3.8, 4) is 0 Å². The molecular formula is C12H15ClFNO. The van der Waals surface area contributed by atoms with Crippen molar-refractivity contribution < 1.29 is 9.18 Å². The minimum Gasteiger partial charge on any atom is -0.321 e. The maximum atomic E-state index is 13.3. The molecule has 1 rings (SSSR count). The molecule has 0 aliphatic heterocycles. The lowest BCUT2D eigenvalue weighted by atomic mass is 10.0. The molecule has 0 radical (unpaired) electrons. The largest absolute Gasteiger partial charge is 0.321 e. The highest BCUT2D eigenvalue weighted by molar-refractivity contribution is 6.30. The van der Waals surface area contributed by atoms with Crippen molar-refractivity contribution in [3.05, 3.63) is 34.6 Å². The standard InChI is InChI=1S/C12H15ClFNO/c1-2-3-11(15)12(16)7-8-6-9(13)4-5-10(8)14/h4-6,11H,2-3,7,15H2,1H3. The van der Waals surface area contributed by atoms with Crippen molar-refractivity contribution in [1.29, 1.82) is 0 Å². The van der Waals surface area contributed by atoms with Crippen LogP contribution < -0.4 is 5.73 Å². The molecule has 0 spiro atoms. The Kier molecular flexibility index (Phi) is 4.90. The van der Waals surface area contributed by atoms with Crippen LogP contribution in [0.2, 0.25) is 5.02 Å². The van der Waals surface area contributed by atoms with Gasteiger partial charge in [-0.3, -0.25) is 4.79 Å². The van der Waals surface area contributed by atoms with Crippen molar-refractivity contribution in [2.45, 2.75) is 32.2 Å². The van der Waals surface area contributed by atoms with E-state index in [1.54, 1.807) is 0 Å². The molecule has 0 saturated carbocycles. The van der Waals surface area contributed by atoms with Gasteiger partial charge in [0.2, 0.25) is 0 Å². The first-order chi connectivity index (χ1) is 7.54. The number of carbonyl (C=O) groups is 1. The molecule has 1 unspecified atom stereocenters. The number of hydrogen-bond acceptors (Lipinski definition) is 2. The van der Waals surface area contributed by atoms with E-state index >= 15 is 0 Å². The van der Waals surface area contributed by atoms with Crippen LogP contribution >= 0.6 is 11.6 Å². The second kappa shape index (κ2) is 5.97. The Labute approximate surface area is 99.6 Å². The molecule has 0 aromatic heterocycles. The average Bonchev–Trinajstić information content (AvgIpc) is 2.23. The molecule has 16 heavy (non-hydrogen) atoms. The third-order valence-electron chi connectivity index (χ3n) is 2.39. The van der Waals surface area contributed by atoms with E-state index in [4.69, 9.17) is 17.3 Å². The van der Waals surface area contributed by atoms with Crippen LogP contribution in [-0.2, 0) is 11.2 Å². The predicted molar refractivity (Wildman–Crippen MR) is 63.0 cm³/mol. The minimum absolute atomic E-state index is 0.00750. The first-order valence-electron chi connectivity index (χ1n) is 5.26. The van der Waals surface area contributed by atoms with E-state index < -0.39 is 11.9 Å². The number of Topliss-reactive ketones (excluding diaryl/α,β-unsaturated/α-hetero) is 1.